The molecule has 1 aromatic rings. The molecular formula is C13H20N2O3S. The largest absolute Gasteiger partial charge is 0.478 e. The van der Waals surface area contributed by atoms with Crippen molar-refractivity contribution < 1.29 is 14.7 Å². The SMILES string of the molecule is CC(C)CC(C)N(C)C(=O)Nc1sccc1C(=O)O. The van der Waals surface area contributed by atoms with Crippen molar-refractivity contribution in [2.45, 2.75) is 33.2 Å². The van der Waals surface area contributed by atoms with Crippen LogP contribution in [-0.4, -0.2) is 35.1 Å². The molecule has 0 aliphatic rings. The summed E-state index contributed by atoms with van der Waals surface area (Å²) < 4.78 is 0. The van der Waals surface area contributed by atoms with Crippen LogP contribution in [0.15, 0.2) is 11.4 Å². The van der Waals surface area contributed by atoms with Gasteiger partial charge in [-0.2, -0.15) is 0 Å². The zero-order valence-corrected chi connectivity index (χ0v) is 12.5. The number of aromatic carboxylic acids is 1. The molecule has 19 heavy (non-hydrogen) atoms. The second-order valence-corrected chi connectivity index (χ2v) is 5.90. The van der Waals surface area contributed by atoms with E-state index < -0.39 is 5.97 Å². The van der Waals surface area contributed by atoms with Crippen LogP contribution in [0.1, 0.15) is 37.6 Å². The number of urea groups is 1. The molecule has 2 amide bonds. The van der Waals surface area contributed by atoms with E-state index in [2.05, 4.69) is 19.2 Å². The van der Waals surface area contributed by atoms with Gasteiger partial charge in [-0.1, -0.05) is 13.8 Å². The topological polar surface area (TPSA) is 69.6 Å². The number of nitrogens with one attached hydrogen (secondary N) is 1. The number of hydrogen-bond donors (Lipinski definition) is 2. The third kappa shape index (κ3) is 4.24. The van der Waals surface area contributed by atoms with Gasteiger partial charge in [-0.3, -0.25) is 5.32 Å². The Hall–Kier alpha value is -1.56. The summed E-state index contributed by atoms with van der Waals surface area (Å²) in [6.07, 6.45) is 0.903. The zero-order chi connectivity index (χ0) is 14.6. The molecular weight excluding hydrogens is 264 g/mol. The van der Waals surface area contributed by atoms with Gasteiger partial charge < -0.3 is 10.0 Å². The van der Waals surface area contributed by atoms with Crippen molar-refractivity contribution >= 4 is 28.3 Å². The lowest BCUT2D eigenvalue weighted by Crippen LogP contribution is -2.38. The Bertz CT molecular complexity index is 456. The highest BCUT2D eigenvalue weighted by Gasteiger charge is 2.19. The number of carboxylic acids is 1. The van der Waals surface area contributed by atoms with Gasteiger partial charge in [-0.15, -0.1) is 11.3 Å². The predicted molar refractivity (Wildman–Crippen MR) is 77.0 cm³/mol. The fourth-order valence-corrected chi connectivity index (χ4v) is 2.57. The predicted octanol–water partition coefficient (Wildman–Crippen LogP) is 3.34. The molecule has 1 atom stereocenters. The minimum absolute atomic E-state index is 0.105. The van der Waals surface area contributed by atoms with Gasteiger partial charge in [-0.25, -0.2) is 9.59 Å². The molecule has 5 nitrogen and oxygen atoms in total. The highest BCUT2D eigenvalue weighted by atomic mass is 32.1. The van der Waals surface area contributed by atoms with Crippen LogP contribution in [0.2, 0.25) is 0 Å². The average molecular weight is 284 g/mol. The fraction of sp³-hybridized carbons (Fsp3) is 0.538. The Balaban J connectivity index is 2.68. The molecule has 2 N–H and O–H groups in total. The Kier molecular flexibility index (Phi) is 5.35. The fourth-order valence-electron chi connectivity index (χ4n) is 1.80. The summed E-state index contributed by atoms with van der Waals surface area (Å²) in [6, 6.07) is 1.31. The van der Waals surface area contributed by atoms with Crippen LogP contribution in [0.4, 0.5) is 9.80 Å². The number of carbonyl (C=O) groups is 2. The maximum atomic E-state index is 12.0. The van der Waals surface area contributed by atoms with Gasteiger partial charge in [0.1, 0.15) is 5.00 Å². The van der Waals surface area contributed by atoms with Crippen LogP contribution < -0.4 is 5.32 Å². The Labute approximate surface area is 117 Å². The van der Waals surface area contributed by atoms with Crippen LogP contribution in [0.25, 0.3) is 0 Å². The van der Waals surface area contributed by atoms with Gasteiger partial charge in [0.2, 0.25) is 0 Å². The highest BCUT2D eigenvalue weighted by Crippen LogP contribution is 2.23. The van der Waals surface area contributed by atoms with Crippen molar-refractivity contribution in [2.24, 2.45) is 5.92 Å². The number of anilines is 1. The van der Waals surface area contributed by atoms with Crippen LogP contribution in [-0.2, 0) is 0 Å². The number of amides is 2. The zero-order valence-electron chi connectivity index (χ0n) is 11.6. The summed E-state index contributed by atoms with van der Waals surface area (Å²) in [7, 11) is 1.72. The lowest BCUT2D eigenvalue weighted by molar-refractivity contribution is 0.0698. The summed E-state index contributed by atoms with van der Waals surface area (Å²) >= 11 is 1.21. The molecule has 0 saturated heterocycles. The quantitative estimate of drug-likeness (QED) is 0.871. The summed E-state index contributed by atoms with van der Waals surface area (Å²) in [5, 5.41) is 13.7. The van der Waals surface area contributed by atoms with E-state index in [-0.39, 0.29) is 17.6 Å². The molecule has 1 unspecified atom stereocenters. The monoisotopic (exact) mass is 284 g/mol. The number of thiophene rings is 1. The van der Waals surface area contributed by atoms with Gasteiger partial charge >= 0.3 is 12.0 Å². The molecule has 1 heterocycles. The van der Waals surface area contributed by atoms with E-state index in [4.69, 9.17) is 5.11 Å². The first-order valence-corrected chi connectivity index (χ1v) is 7.05. The van der Waals surface area contributed by atoms with E-state index in [0.717, 1.165) is 6.42 Å². The molecule has 0 fully saturated rings. The standard InChI is InChI=1S/C13H20N2O3S/c1-8(2)7-9(3)15(4)13(18)14-11-10(12(16)17)5-6-19-11/h5-6,8-9H,7H2,1-4H3,(H,14,18)(H,16,17). The van der Waals surface area contributed by atoms with E-state index in [9.17, 15) is 9.59 Å². The van der Waals surface area contributed by atoms with Crippen LogP contribution in [0, 0.1) is 5.92 Å². The number of rotatable bonds is 5. The van der Waals surface area contributed by atoms with Crippen molar-refractivity contribution in [2.75, 3.05) is 12.4 Å². The van der Waals surface area contributed by atoms with Crippen molar-refractivity contribution in [1.29, 1.82) is 0 Å². The molecule has 0 aliphatic heterocycles. The van der Waals surface area contributed by atoms with Crippen molar-refractivity contribution in [3.8, 4) is 0 Å². The van der Waals surface area contributed by atoms with Gasteiger partial charge in [0.25, 0.3) is 0 Å². The third-order valence-electron chi connectivity index (χ3n) is 2.91. The summed E-state index contributed by atoms with van der Waals surface area (Å²) in [4.78, 5) is 24.6. The minimum atomic E-state index is -1.03. The lowest BCUT2D eigenvalue weighted by atomic mass is 10.0. The average Bonchev–Trinajstić information content (AvgIpc) is 2.75. The third-order valence-corrected chi connectivity index (χ3v) is 3.74. The first kappa shape index (κ1) is 15.5. The van der Waals surface area contributed by atoms with Crippen molar-refractivity contribution in [1.82, 2.24) is 4.90 Å². The second kappa shape index (κ2) is 6.56. The maximum absolute atomic E-state index is 12.0. The highest BCUT2D eigenvalue weighted by molar-refractivity contribution is 7.14. The molecule has 1 aromatic heterocycles. The number of carbonyl (C=O) groups excluding carboxylic acids is 1. The molecule has 0 spiro atoms. The van der Waals surface area contributed by atoms with Crippen LogP contribution in [0.3, 0.4) is 0 Å². The van der Waals surface area contributed by atoms with E-state index in [1.165, 1.54) is 17.4 Å². The summed E-state index contributed by atoms with van der Waals surface area (Å²) in [5.41, 5.74) is 0.128. The molecule has 0 radical (unpaired) electrons. The molecule has 0 aliphatic carbocycles. The smallest absolute Gasteiger partial charge is 0.338 e. The molecule has 6 heteroatoms. The number of nitrogens with zero attached hydrogens (tertiary/aromatic N) is 1. The summed E-state index contributed by atoms with van der Waals surface area (Å²) in [5.74, 6) is -0.531. The van der Waals surface area contributed by atoms with Crippen molar-refractivity contribution in [3.05, 3.63) is 17.0 Å². The Morgan fingerprint density at radius 3 is 2.58 bits per heavy atom. The lowest BCUT2D eigenvalue weighted by Gasteiger charge is -2.26. The van der Waals surface area contributed by atoms with E-state index in [0.29, 0.717) is 10.9 Å². The Morgan fingerprint density at radius 1 is 1.42 bits per heavy atom. The van der Waals surface area contributed by atoms with Crippen LogP contribution >= 0.6 is 11.3 Å². The molecule has 0 saturated carbocycles. The maximum Gasteiger partial charge on any atom is 0.338 e. The van der Waals surface area contributed by atoms with Gasteiger partial charge in [0.15, 0.2) is 0 Å². The Morgan fingerprint density at radius 2 is 2.05 bits per heavy atom. The van der Waals surface area contributed by atoms with Gasteiger partial charge in [0.05, 0.1) is 5.56 Å². The second-order valence-electron chi connectivity index (χ2n) is 4.99. The van der Waals surface area contributed by atoms with E-state index in [1.807, 2.05) is 6.92 Å². The first-order chi connectivity index (χ1) is 8.82. The molecule has 0 aromatic carbocycles. The first-order valence-electron chi connectivity index (χ1n) is 6.17. The van der Waals surface area contributed by atoms with E-state index in [1.54, 1.807) is 17.3 Å². The minimum Gasteiger partial charge on any atom is -0.478 e. The van der Waals surface area contributed by atoms with Gasteiger partial charge in [-0.05, 0) is 30.7 Å². The van der Waals surface area contributed by atoms with Crippen molar-refractivity contribution in [3.63, 3.8) is 0 Å². The van der Waals surface area contributed by atoms with E-state index >= 15 is 0 Å². The van der Waals surface area contributed by atoms with Gasteiger partial charge in [0, 0.05) is 13.1 Å². The normalized spacial score (nSPS) is 12.3. The summed E-state index contributed by atoms with van der Waals surface area (Å²) in [6.45, 7) is 6.18. The molecule has 0 bridgehead atoms. The molecule has 106 valence electrons. The number of carboxylic acid groups (broad SMARTS) is 1. The number of hydrogen-bond acceptors (Lipinski definition) is 3. The van der Waals surface area contributed by atoms with Crippen LogP contribution in [0.5, 0.6) is 0 Å². The molecule has 1 rings (SSSR count).